The average molecular weight is 1230 g/mol. The van der Waals surface area contributed by atoms with Crippen LogP contribution in [0.1, 0.15) is 148 Å². The molecule has 0 unspecified atom stereocenters. The van der Waals surface area contributed by atoms with Gasteiger partial charge in [0.05, 0.1) is 33.6 Å². The van der Waals surface area contributed by atoms with Gasteiger partial charge in [-0.25, -0.2) is 0 Å². The highest BCUT2D eigenvalue weighted by molar-refractivity contribution is 7.18. The smallest absolute Gasteiger partial charge is 0.101 e. The third-order valence-corrected chi connectivity index (χ3v) is 22.0. The molecule has 0 radical (unpaired) electrons. The first kappa shape index (κ1) is 59.1. The van der Waals surface area contributed by atoms with Gasteiger partial charge in [-0.15, -0.1) is 22.7 Å². The molecule has 0 atom stereocenters. The Bertz CT molecular complexity index is 4160. The number of rotatable bonds is 8. The van der Waals surface area contributed by atoms with E-state index in [1.807, 2.05) is 22.7 Å². The molecule has 4 nitrogen and oxygen atoms in total. The van der Waals surface area contributed by atoms with Gasteiger partial charge in [-0.2, -0.15) is 0 Å². The van der Waals surface area contributed by atoms with Crippen LogP contribution < -0.4 is 19.6 Å². The number of para-hydroxylation sites is 6. The fourth-order valence-electron chi connectivity index (χ4n) is 14.9. The Morgan fingerprint density at radius 3 is 0.728 bits per heavy atom. The lowest BCUT2D eigenvalue weighted by Crippen LogP contribution is -2.47. The SMILES string of the molecule is CC(C)(C)c1ccc(N(c2ccc(C(C)(C)C)cc2)c2cc3c(s2)C2(c4ccccc4N(c4ccccc4)c4ccccc42)c2cc(N(c4ccc(C(C)(C)C)cc4)c4ccc(C(C)(C)C)cc4)sc2C32c3ccccc3N(c3ccccc3)c3ccccc32)cc1. The lowest BCUT2D eigenvalue weighted by Gasteiger charge is -2.53. The Balaban J connectivity index is 1.12. The molecule has 0 amide bonds. The van der Waals surface area contributed by atoms with Crippen molar-refractivity contribution in [2.45, 2.75) is 116 Å². The Kier molecular flexibility index (Phi) is 14.0. The van der Waals surface area contributed by atoms with Gasteiger partial charge in [-0.05, 0) is 186 Å². The number of thiophene rings is 2. The number of hydrogen-bond acceptors (Lipinski definition) is 6. The number of nitrogens with zero attached hydrogens (tertiary/aromatic N) is 4. The van der Waals surface area contributed by atoms with Gasteiger partial charge in [-0.1, -0.05) is 241 Å². The first-order valence-corrected chi connectivity index (χ1v) is 34.2. The summed E-state index contributed by atoms with van der Waals surface area (Å²) in [5.41, 5.74) is 22.3. The van der Waals surface area contributed by atoms with Crippen molar-refractivity contribution >= 4 is 89.5 Å². The Morgan fingerprint density at radius 2 is 0.489 bits per heavy atom. The molecular formula is C86H80N4S2. The maximum atomic E-state index is 2.63. The summed E-state index contributed by atoms with van der Waals surface area (Å²) in [6.45, 7) is 27.7. The summed E-state index contributed by atoms with van der Waals surface area (Å²) in [7, 11) is 0. The average Bonchev–Trinajstić information content (AvgIpc) is 0.839. The van der Waals surface area contributed by atoms with Crippen molar-refractivity contribution in [2.75, 3.05) is 19.6 Å². The molecular weight excluding hydrogens is 1150 g/mol. The van der Waals surface area contributed by atoms with Crippen molar-refractivity contribution in [3.63, 3.8) is 0 Å². The summed E-state index contributed by atoms with van der Waals surface area (Å²) in [4.78, 5) is 12.7. The first-order valence-electron chi connectivity index (χ1n) is 32.6. The molecule has 0 saturated carbocycles. The van der Waals surface area contributed by atoms with Gasteiger partial charge < -0.3 is 19.6 Å². The van der Waals surface area contributed by atoms with Crippen LogP contribution in [-0.4, -0.2) is 0 Å². The van der Waals surface area contributed by atoms with Gasteiger partial charge in [0.15, 0.2) is 0 Å². The molecule has 1 aliphatic carbocycles. The van der Waals surface area contributed by atoms with E-state index in [9.17, 15) is 0 Å². The third kappa shape index (κ3) is 9.33. The van der Waals surface area contributed by atoms with Crippen LogP contribution in [0.2, 0.25) is 0 Å². The summed E-state index contributed by atoms with van der Waals surface area (Å²) >= 11 is 3.93. The monoisotopic (exact) mass is 1230 g/mol. The second-order valence-electron chi connectivity index (χ2n) is 29.4. The number of anilines is 12. The summed E-state index contributed by atoms with van der Waals surface area (Å²) in [5.74, 6) is 0. The topological polar surface area (TPSA) is 13.0 Å². The fraction of sp³-hybridized carbons (Fsp3) is 0.209. The van der Waals surface area contributed by atoms with Crippen LogP contribution in [-0.2, 0) is 32.5 Å². The standard InChI is InChI=1S/C86H80N4S2/c1-81(2,3)57-39-47-63(48-40-57)87(64-49-41-58(42-50-64)82(4,5)6)77-55-71-79(91-77)86(69-33-21-25-37-75(69)90(62-29-17-14-18-30-62)76-38-26-22-34-70(76)86)72-56-78(88(65-51-43-59(44-52-65)83(7,8)9)66-53-45-60(46-54-66)84(10,11)12)92-80(72)85(71)67-31-19-23-35-73(67)89(61-27-15-13-16-28-61)74-36-24-20-32-68(74)85/h13-56H,1-12H3. The minimum atomic E-state index is -0.859. The van der Waals surface area contributed by atoms with E-state index in [1.165, 1.54) is 65.4 Å². The van der Waals surface area contributed by atoms with E-state index in [0.29, 0.717) is 0 Å². The molecule has 2 aliphatic heterocycles. The molecule has 0 bridgehead atoms. The largest absolute Gasteiger partial charge is 0.310 e. The van der Waals surface area contributed by atoms with Crippen LogP contribution in [0, 0.1) is 0 Å². The van der Waals surface area contributed by atoms with Gasteiger partial charge in [0.25, 0.3) is 0 Å². The molecule has 0 saturated heterocycles. The van der Waals surface area contributed by atoms with Gasteiger partial charge in [0, 0.05) is 43.9 Å². The minimum Gasteiger partial charge on any atom is -0.310 e. The second kappa shape index (κ2) is 21.7. The van der Waals surface area contributed by atoms with E-state index in [4.69, 9.17) is 0 Å². The predicted octanol–water partition coefficient (Wildman–Crippen LogP) is 24.6. The normalized spacial score (nSPS) is 14.4. The number of fused-ring (bicyclic) bond motifs is 14. The minimum absolute atomic E-state index is 0.0269. The quantitative estimate of drug-likeness (QED) is 0.150. The first-order chi connectivity index (χ1) is 44.2. The van der Waals surface area contributed by atoms with Crippen LogP contribution in [0.4, 0.5) is 66.9 Å². The molecule has 3 aliphatic rings. The summed E-state index contributed by atoms with van der Waals surface area (Å²) in [6.07, 6.45) is 0. The molecule has 0 fully saturated rings. The maximum Gasteiger partial charge on any atom is 0.101 e. The Labute approximate surface area is 553 Å². The van der Waals surface area contributed by atoms with Crippen LogP contribution in [0.25, 0.3) is 0 Å². The zero-order valence-electron chi connectivity index (χ0n) is 55.0. The number of benzene rings is 10. The van der Waals surface area contributed by atoms with Gasteiger partial charge in [0.2, 0.25) is 0 Å². The zero-order valence-corrected chi connectivity index (χ0v) is 56.6. The van der Waals surface area contributed by atoms with Crippen molar-refractivity contribution in [3.8, 4) is 0 Å². The third-order valence-electron chi connectivity index (χ3n) is 19.6. The van der Waals surface area contributed by atoms with Crippen molar-refractivity contribution < 1.29 is 0 Å². The van der Waals surface area contributed by atoms with Crippen molar-refractivity contribution in [2.24, 2.45) is 0 Å². The van der Waals surface area contributed by atoms with Crippen molar-refractivity contribution in [1.29, 1.82) is 0 Å². The predicted molar refractivity (Wildman–Crippen MR) is 393 cm³/mol. The summed E-state index contributed by atoms with van der Waals surface area (Å²) < 4.78 is 0. The van der Waals surface area contributed by atoms with E-state index in [1.54, 1.807) is 0 Å². The molecule has 4 heterocycles. The highest BCUT2D eigenvalue weighted by Gasteiger charge is 2.62. The van der Waals surface area contributed by atoms with E-state index < -0.39 is 10.8 Å². The van der Waals surface area contributed by atoms with Gasteiger partial charge in [0.1, 0.15) is 10.0 Å². The highest BCUT2D eigenvalue weighted by atomic mass is 32.1. The van der Waals surface area contributed by atoms with E-state index in [-0.39, 0.29) is 21.7 Å². The van der Waals surface area contributed by atoms with Crippen LogP contribution in [0.15, 0.2) is 267 Å². The van der Waals surface area contributed by atoms with E-state index in [0.717, 1.165) is 66.9 Å². The van der Waals surface area contributed by atoms with Gasteiger partial charge in [-0.3, -0.25) is 0 Å². The van der Waals surface area contributed by atoms with Crippen molar-refractivity contribution in [1.82, 2.24) is 0 Å². The molecule has 12 aromatic rings. The van der Waals surface area contributed by atoms with Crippen LogP contribution in [0.5, 0.6) is 0 Å². The van der Waals surface area contributed by atoms with Crippen molar-refractivity contribution in [3.05, 3.63) is 332 Å². The fourth-order valence-corrected chi connectivity index (χ4v) is 17.8. The summed E-state index contributed by atoms with van der Waals surface area (Å²) in [5, 5.41) is 2.30. The lowest BCUT2D eigenvalue weighted by molar-refractivity contribution is 0.590. The Morgan fingerprint density at radius 1 is 0.261 bits per heavy atom. The zero-order chi connectivity index (χ0) is 63.7. The second-order valence-corrected chi connectivity index (χ2v) is 31.5. The Hall–Kier alpha value is -9.20. The maximum absolute atomic E-state index is 2.63. The molecule has 0 N–H and O–H groups in total. The van der Waals surface area contributed by atoms with Crippen LogP contribution >= 0.6 is 22.7 Å². The summed E-state index contributed by atoms with van der Waals surface area (Å²) in [6, 6.07) is 102. The molecule has 456 valence electrons. The van der Waals surface area contributed by atoms with E-state index >= 15 is 0 Å². The number of hydrogen-bond donors (Lipinski definition) is 0. The molecule has 92 heavy (non-hydrogen) atoms. The van der Waals surface area contributed by atoms with Crippen LogP contribution in [0.3, 0.4) is 0 Å². The molecule has 10 aromatic carbocycles. The molecule has 6 heteroatoms. The van der Waals surface area contributed by atoms with E-state index in [2.05, 4.69) is 370 Å². The highest BCUT2D eigenvalue weighted by Crippen LogP contribution is 2.72. The molecule has 2 spiro atoms. The molecule has 15 rings (SSSR count). The van der Waals surface area contributed by atoms with Gasteiger partial charge >= 0.3 is 0 Å². The molecule has 2 aromatic heterocycles. The lowest BCUT2D eigenvalue weighted by atomic mass is 9.53.